The summed E-state index contributed by atoms with van der Waals surface area (Å²) < 4.78 is 12.0. The van der Waals surface area contributed by atoms with Crippen molar-refractivity contribution < 1.29 is 19.4 Å². The van der Waals surface area contributed by atoms with Crippen molar-refractivity contribution in [3.63, 3.8) is 0 Å². The Bertz CT molecular complexity index is 1240. The summed E-state index contributed by atoms with van der Waals surface area (Å²) in [6.07, 6.45) is 1.44. The Morgan fingerprint density at radius 2 is 1.82 bits per heavy atom. The Morgan fingerprint density at radius 1 is 1.03 bits per heavy atom. The Hall–Kier alpha value is -4.20. The summed E-state index contributed by atoms with van der Waals surface area (Å²) in [4.78, 5) is 11.7. The van der Waals surface area contributed by atoms with Gasteiger partial charge in [-0.1, -0.05) is 37.6 Å². The van der Waals surface area contributed by atoms with Crippen LogP contribution >= 0.6 is 0 Å². The van der Waals surface area contributed by atoms with Gasteiger partial charge in [-0.15, -0.1) is 10.2 Å². The number of para-hydroxylation sites is 1. The number of carbonyl (C=O) groups excluding carboxylic acids is 1. The molecule has 0 spiro atoms. The van der Waals surface area contributed by atoms with Gasteiger partial charge in [0.1, 0.15) is 29.6 Å². The predicted molar refractivity (Wildman–Crippen MR) is 123 cm³/mol. The first-order valence-corrected chi connectivity index (χ1v) is 10.6. The third-order valence-corrected chi connectivity index (χ3v) is 5.14. The first-order chi connectivity index (χ1) is 16.1. The maximum Gasteiger partial charge on any atom is 0.208 e. The zero-order valence-electron chi connectivity index (χ0n) is 18.4. The van der Waals surface area contributed by atoms with Crippen LogP contribution < -0.4 is 9.47 Å². The van der Waals surface area contributed by atoms with Crippen LogP contribution in [-0.4, -0.2) is 31.5 Å². The number of aromatic amines is 1. The second-order valence-electron chi connectivity index (χ2n) is 7.51. The van der Waals surface area contributed by atoms with E-state index in [1.54, 1.807) is 12.1 Å². The Labute approximate surface area is 191 Å². The largest absolute Gasteiger partial charge is 0.507 e. The standard InChI is InChI=1S/C25H24N4O4/c1-3-6-20-22(14-13-19(16(2)30)24(20)31)32-15-17-9-11-18(12-10-17)33-23-8-5-4-7-21(23)25-26-28-29-27-25/h4-5,7-14,31H,3,6,15H2,1-2H3,(H,26,27,28,29). The molecule has 4 rings (SSSR count). The molecule has 3 aromatic carbocycles. The Morgan fingerprint density at radius 3 is 2.52 bits per heavy atom. The van der Waals surface area contributed by atoms with Crippen molar-refractivity contribution in [1.29, 1.82) is 0 Å². The molecule has 4 aromatic rings. The number of hydrogen-bond donors (Lipinski definition) is 2. The smallest absolute Gasteiger partial charge is 0.208 e. The molecule has 0 saturated heterocycles. The van der Waals surface area contributed by atoms with Crippen LogP contribution in [0.25, 0.3) is 11.4 Å². The van der Waals surface area contributed by atoms with Crippen molar-refractivity contribution in [2.75, 3.05) is 0 Å². The lowest BCUT2D eigenvalue weighted by molar-refractivity contribution is 0.101. The highest BCUT2D eigenvalue weighted by Gasteiger charge is 2.16. The van der Waals surface area contributed by atoms with Crippen LogP contribution in [0.1, 0.15) is 41.8 Å². The molecule has 8 heteroatoms. The lowest BCUT2D eigenvalue weighted by Gasteiger charge is -2.15. The molecule has 168 valence electrons. The van der Waals surface area contributed by atoms with Gasteiger partial charge in [0.2, 0.25) is 5.82 Å². The summed E-state index contributed by atoms with van der Waals surface area (Å²) in [7, 11) is 0. The van der Waals surface area contributed by atoms with E-state index in [0.717, 1.165) is 17.5 Å². The van der Waals surface area contributed by atoms with Gasteiger partial charge in [0.25, 0.3) is 0 Å². The molecule has 0 aliphatic heterocycles. The SMILES string of the molecule is CCCc1c(OCc2ccc(Oc3ccccc3-c3nn[nH]n3)cc2)ccc(C(C)=O)c1O. The molecule has 8 nitrogen and oxygen atoms in total. The number of nitrogens with one attached hydrogen (secondary N) is 1. The lowest BCUT2D eigenvalue weighted by Crippen LogP contribution is -2.02. The van der Waals surface area contributed by atoms with Gasteiger partial charge in [0.15, 0.2) is 5.78 Å². The number of nitrogens with zero attached hydrogens (tertiary/aromatic N) is 3. The number of tetrazole rings is 1. The van der Waals surface area contributed by atoms with E-state index in [4.69, 9.17) is 9.47 Å². The highest BCUT2D eigenvalue weighted by Crippen LogP contribution is 2.34. The van der Waals surface area contributed by atoms with Crippen LogP contribution in [0.2, 0.25) is 0 Å². The van der Waals surface area contributed by atoms with Crippen LogP contribution in [-0.2, 0) is 13.0 Å². The van der Waals surface area contributed by atoms with Gasteiger partial charge in [0, 0.05) is 5.56 Å². The van der Waals surface area contributed by atoms with Crippen molar-refractivity contribution in [1.82, 2.24) is 20.6 Å². The van der Waals surface area contributed by atoms with Gasteiger partial charge < -0.3 is 14.6 Å². The van der Waals surface area contributed by atoms with Gasteiger partial charge in [-0.05, 0) is 60.5 Å². The summed E-state index contributed by atoms with van der Waals surface area (Å²) >= 11 is 0. The van der Waals surface area contributed by atoms with E-state index >= 15 is 0 Å². The van der Waals surface area contributed by atoms with Crippen LogP contribution in [0, 0.1) is 0 Å². The number of phenols is 1. The third-order valence-electron chi connectivity index (χ3n) is 5.14. The molecule has 0 radical (unpaired) electrons. The van der Waals surface area contributed by atoms with E-state index in [1.165, 1.54) is 6.92 Å². The molecule has 0 saturated carbocycles. The Kier molecular flexibility index (Phi) is 6.64. The number of hydrogen-bond acceptors (Lipinski definition) is 7. The van der Waals surface area contributed by atoms with Crippen molar-refractivity contribution >= 4 is 5.78 Å². The van der Waals surface area contributed by atoms with Gasteiger partial charge in [-0.2, -0.15) is 5.21 Å². The van der Waals surface area contributed by atoms with Gasteiger partial charge >= 0.3 is 0 Å². The van der Waals surface area contributed by atoms with E-state index in [2.05, 4.69) is 20.6 Å². The zero-order valence-corrected chi connectivity index (χ0v) is 18.4. The van der Waals surface area contributed by atoms with Crippen molar-refractivity contribution in [3.05, 3.63) is 77.4 Å². The highest BCUT2D eigenvalue weighted by atomic mass is 16.5. The molecule has 33 heavy (non-hydrogen) atoms. The zero-order chi connectivity index (χ0) is 23.2. The van der Waals surface area contributed by atoms with E-state index in [9.17, 15) is 9.90 Å². The van der Waals surface area contributed by atoms with Crippen LogP contribution in [0.5, 0.6) is 23.0 Å². The predicted octanol–water partition coefficient (Wildman–Crippen LogP) is 5.10. The molecule has 0 aliphatic rings. The van der Waals surface area contributed by atoms with Crippen molar-refractivity contribution in [3.8, 4) is 34.4 Å². The van der Waals surface area contributed by atoms with Crippen molar-refractivity contribution in [2.24, 2.45) is 0 Å². The second-order valence-corrected chi connectivity index (χ2v) is 7.51. The summed E-state index contributed by atoms with van der Waals surface area (Å²) in [5.41, 5.74) is 2.64. The average molecular weight is 444 g/mol. The minimum absolute atomic E-state index is 0.00543. The molecule has 1 heterocycles. The summed E-state index contributed by atoms with van der Waals surface area (Å²) in [6.45, 7) is 3.77. The molecule has 2 N–H and O–H groups in total. The fourth-order valence-electron chi connectivity index (χ4n) is 3.49. The van der Waals surface area contributed by atoms with E-state index in [0.29, 0.717) is 47.2 Å². The molecule has 0 unspecified atom stereocenters. The van der Waals surface area contributed by atoms with E-state index < -0.39 is 0 Å². The third kappa shape index (κ3) is 5.01. The van der Waals surface area contributed by atoms with Gasteiger partial charge in [-0.25, -0.2) is 0 Å². The summed E-state index contributed by atoms with van der Waals surface area (Å²) in [5, 5.41) is 24.6. The number of ketones is 1. The molecule has 0 atom stereocenters. The second kappa shape index (κ2) is 9.95. The average Bonchev–Trinajstić information content (AvgIpc) is 3.35. The minimum atomic E-state index is -0.173. The molecule has 0 amide bonds. The topological polar surface area (TPSA) is 110 Å². The van der Waals surface area contributed by atoms with Crippen LogP contribution in [0.4, 0.5) is 0 Å². The number of aromatic hydroxyl groups is 1. The maximum absolute atomic E-state index is 11.7. The van der Waals surface area contributed by atoms with Gasteiger partial charge in [0.05, 0.1) is 11.1 Å². The molecular weight excluding hydrogens is 420 g/mol. The number of aromatic nitrogens is 4. The number of rotatable bonds is 9. The number of Topliss-reactive ketones (excluding diaryl/α,β-unsaturated/α-hetero) is 1. The fourth-order valence-corrected chi connectivity index (χ4v) is 3.49. The molecule has 1 aromatic heterocycles. The normalized spacial score (nSPS) is 10.7. The first kappa shape index (κ1) is 22.0. The highest BCUT2D eigenvalue weighted by molar-refractivity contribution is 5.97. The van der Waals surface area contributed by atoms with Crippen molar-refractivity contribution in [2.45, 2.75) is 33.3 Å². The number of phenolic OH excluding ortho intramolecular Hbond substituents is 1. The maximum atomic E-state index is 11.7. The number of ether oxygens (including phenoxy) is 2. The molecule has 0 aliphatic carbocycles. The monoisotopic (exact) mass is 444 g/mol. The van der Waals surface area contributed by atoms with E-state index in [1.807, 2.05) is 55.5 Å². The number of benzene rings is 3. The fraction of sp³-hybridized carbons (Fsp3) is 0.200. The first-order valence-electron chi connectivity index (χ1n) is 10.6. The quantitative estimate of drug-likeness (QED) is 0.346. The molecule has 0 fully saturated rings. The van der Waals surface area contributed by atoms with Crippen LogP contribution in [0.15, 0.2) is 60.7 Å². The lowest BCUT2D eigenvalue weighted by atomic mass is 10.0. The van der Waals surface area contributed by atoms with Crippen LogP contribution in [0.3, 0.4) is 0 Å². The Balaban J connectivity index is 1.46. The molecular formula is C25H24N4O4. The number of H-pyrrole nitrogens is 1. The minimum Gasteiger partial charge on any atom is -0.507 e. The van der Waals surface area contributed by atoms with E-state index in [-0.39, 0.29) is 11.5 Å². The molecule has 0 bridgehead atoms. The summed E-state index contributed by atoms with van der Waals surface area (Å²) in [6, 6.07) is 18.3. The number of carbonyl (C=O) groups is 1. The summed E-state index contributed by atoms with van der Waals surface area (Å²) in [5.74, 6) is 2.14. The van der Waals surface area contributed by atoms with Gasteiger partial charge in [-0.3, -0.25) is 4.79 Å².